The van der Waals surface area contributed by atoms with Gasteiger partial charge in [0.25, 0.3) is 5.91 Å². The fraction of sp³-hybridized carbons (Fsp3) is 0.333. The molecule has 0 radical (unpaired) electrons. The van der Waals surface area contributed by atoms with Crippen LogP contribution in [0.25, 0.3) is 0 Å². The number of imide groups is 1. The average Bonchev–Trinajstić information content (AvgIpc) is 2.81. The number of nitrogens with zero attached hydrogens (tertiary/aromatic N) is 1. The second-order valence-electron chi connectivity index (χ2n) is 4.49. The van der Waals surface area contributed by atoms with E-state index in [0.717, 1.165) is 11.3 Å². The minimum atomic E-state index is -0.577. The maximum Gasteiger partial charge on any atom is 0.417 e. The van der Waals surface area contributed by atoms with E-state index in [1.54, 1.807) is 20.1 Å². The summed E-state index contributed by atoms with van der Waals surface area (Å²) < 4.78 is 10.1. The molecule has 20 heavy (non-hydrogen) atoms. The lowest BCUT2D eigenvalue weighted by Gasteiger charge is -2.18. The summed E-state index contributed by atoms with van der Waals surface area (Å²) in [7, 11) is 1.61. The highest BCUT2D eigenvalue weighted by Crippen LogP contribution is 2.19. The molecule has 1 atom stereocenters. The van der Waals surface area contributed by atoms with Gasteiger partial charge in [0.1, 0.15) is 12.4 Å². The van der Waals surface area contributed by atoms with E-state index < -0.39 is 6.09 Å². The van der Waals surface area contributed by atoms with Crippen LogP contribution in [0, 0.1) is 0 Å². The second-order valence-corrected chi connectivity index (χ2v) is 4.49. The molecular weight excluding hydrogens is 258 g/mol. The van der Waals surface area contributed by atoms with Crippen LogP contribution in [-0.4, -0.2) is 36.7 Å². The topological polar surface area (TPSA) is 55.8 Å². The van der Waals surface area contributed by atoms with Crippen molar-refractivity contribution in [2.45, 2.75) is 19.4 Å². The summed E-state index contributed by atoms with van der Waals surface area (Å²) in [6.07, 6.45) is 2.97. The smallest absolute Gasteiger partial charge is 0.417 e. The first-order chi connectivity index (χ1) is 9.65. The zero-order valence-electron chi connectivity index (χ0n) is 11.5. The Labute approximate surface area is 117 Å². The molecule has 2 amide bonds. The number of hydrogen-bond donors (Lipinski definition) is 0. The van der Waals surface area contributed by atoms with Crippen LogP contribution in [0.3, 0.4) is 0 Å². The highest BCUT2D eigenvalue weighted by molar-refractivity contribution is 5.99. The molecule has 0 spiro atoms. The molecule has 0 aliphatic carbocycles. The standard InChI is InChI=1S/C15H17NO4/c1-3-4-14(17)16-12(10-20-15(16)18)9-11-5-7-13(19-2)8-6-11/h3-8,12H,9-10H2,1-2H3/b4-3+/t12-/m0/s1. The van der Waals surface area contributed by atoms with Crippen molar-refractivity contribution < 1.29 is 19.1 Å². The van der Waals surface area contributed by atoms with Gasteiger partial charge in [-0.3, -0.25) is 4.79 Å². The lowest BCUT2D eigenvalue weighted by Crippen LogP contribution is -2.39. The summed E-state index contributed by atoms with van der Waals surface area (Å²) in [5.41, 5.74) is 1.02. The summed E-state index contributed by atoms with van der Waals surface area (Å²) in [5, 5.41) is 0. The Hall–Kier alpha value is -2.30. The summed E-state index contributed by atoms with van der Waals surface area (Å²) in [6.45, 7) is 1.96. The Balaban J connectivity index is 2.10. The number of amides is 2. The van der Waals surface area contributed by atoms with Crippen LogP contribution in [0.2, 0.25) is 0 Å². The molecule has 5 nitrogen and oxygen atoms in total. The predicted octanol–water partition coefficient (Wildman–Crippen LogP) is 2.16. The lowest BCUT2D eigenvalue weighted by molar-refractivity contribution is -0.124. The first kappa shape index (κ1) is 14.1. The van der Waals surface area contributed by atoms with Crippen LogP contribution in [0.5, 0.6) is 5.75 Å². The molecule has 0 bridgehead atoms. The van der Waals surface area contributed by atoms with Gasteiger partial charge in [0.2, 0.25) is 0 Å². The normalized spacial score (nSPS) is 18.4. The van der Waals surface area contributed by atoms with Gasteiger partial charge in [-0.25, -0.2) is 9.69 Å². The largest absolute Gasteiger partial charge is 0.497 e. The van der Waals surface area contributed by atoms with Gasteiger partial charge in [-0.2, -0.15) is 0 Å². The van der Waals surface area contributed by atoms with Crippen molar-refractivity contribution in [3.63, 3.8) is 0 Å². The Morgan fingerprint density at radius 3 is 2.75 bits per heavy atom. The van der Waals surface area contributed by atoms with Gasteiger partial charge in [-0.1, -0.05) is 18.2 Å². The number of carbonyl (C=O) groups excluding carboxylic acids is 2. The Morgan fingerprint density at radius 2 is 2.15 bits per heavy atom. The van der Waals surface area contributed by atoms with Crippen molar-refractivity contribution in [1.82, 2.24) is 4.90 Å². The summed E-state index contributed by atoms with van der Waals surface area (Å²) >= 11 is 0. The molecular formula is C15H17NO4. The van der Waals surface area contributed by atoms with E-state index in [0.29, 0.717) is 6.42 Å². The van der Waals surface area contributed by atoms with Crippen molar-refractivity contribution in [2.75, 3.05) is 13.7 Å². The zero-order valence-corrected chi connectivity index (χ0v) is 11.5. The fourth-order valence-corrected chi connectivity index (χ4v) is 2.14. The molecule has 1 aromatic carbocycles. The molecule has 1 aliphatic heterocycles. The maximum atomic E-state index is 11.9. The Morgan fingerprint density at radius 1 is 1.45 bits per heavy atom. The monoisotopic (exact) mass is 275 g/mol. The number of methoxy groups -OCH3 is 1. The van der Waals surface area contributed by atoms with Gasteiger partial charge in [0.05, 0.1) is 13.2 Å². The first-order valence-corrected chi connectivity index (χ1v) is 6.41. The van der Waals surface area contributed by atoms with E-state index in [-0.39, 0.29) is 18.6 Å². The van der Waals surface area contributed by atoms with Crippen molar-refractivity contribution in [3.05, 3.63) is 42.0 Å². The third kappa shape index (κ3) is 2.99. The number of carbonyl (C=O) groups is 2. The SMILES string of the molecule is C/C=C/C(=O)N1C(=O)OC[C@@H]1Cc1ccc(OC)cc1. The zero-order chi connectivity index (χ0) is 14.5. The van der Waals surface area contributed by atoms with Gasteiger partial charge >= 0.3 is 6.09 Å². The molecule has 1 heterocycles. The predicted molar refractivity (Wildman–Crippen MR) is 73.5 cm³/mol. The molecule has 0 unspecified atom stereocenters. The maximum absolute atomic E-state index is 11.9. The third-order valence-electron chi connectivity index (χ3n) is 3.14. The first-order valence-electron chi connectivity index (χ1n) is 6.41. The minimum Gasteiger partial charge on any atom is -0.497 e. The third-order valence-corrected chi connectivity index (χ3v) is 3.14. The highest BCUT2D eigenvalue weighted by Gasteiger charge is 2.36. The number of cyclic esters (lactones) is 1. The molecule has 0 N–H and O–H groups in total. The van der Waals surface area contributed by atoms with E-state index in [4.69, 9.17) is 9.47 Å². The molecule has 1 saturated heterocycles. The van der Waals surface area contributed by atoms with Gasteiger partial charge in [0.15, 0.2) is 0 Å². The molecule has 0 aromatic heterocycles. The fourth-order valence-electron chi connectivity index (χ4n) is 2.14. The summed E-state index contributed by atoms with van der Waals surface area (Å²) in [4.78, 5) is 24.7. The number of allylic oxidation sites excluding steroid dienone is 1. The van der Waals surface area contributed by atoms with Crippen LogP contribution in [0.15, 0.2) is 36.4 Å². The van der Waals surface area contributed by atoms with Gasteiger partial charge < -0.3 is 9.47 Å². The van der Waals surface area contributed by atoms with Crippen LogP contribution in [-0.2, 0) is 16.0 Å². The van der Waals surface area contributed by atoms with Gasteiger partial charge in [0, 0.05) is 0 Å². The number of hydrogen-bond acceptors (Lipinski definition) is 4. The van der Waals surface area contributed by atoms with Crippen LogP contribution < -0.4 is 4.74 Å². The van der Waals surface area contributed by atoms with Crippen molar-refractivity contribution >= 4 is 12.0 Å². The Bertz CT molecular complexity index is 521. The summed E-state index contributed by atoms with van der Waals surface area (Å²) in [5.74, 6) is 0.433. The van der Waals surface area contributed by atoms with Crippen molar-refractivity contribution in [2.24, 2.45) is 0 Å². The average molecular weight is 275 g/mol. The molecule has 2 rings (SSSR count). The van der Waals surface area contributed by atoms with E-state index in [2.05, 4.69) is 0 Å². The second kappa shape index (κ2) is 6.23. The van der Waals surface area contributed by atoms with Crippen LogP contribution in [0.1, 0.15) is 12.5 Å². The van der Waals surface area contributed by atoms with E-state index in [1.807, 2.05) is 24.3 Å². The van der Waals surface area contributed by atoms with Crippen molar-refractivity contribution in [3.8, 4) is 5.75 Å². The minimum absolute atomic E-state index is 0.230. The molecule has 5 heteroatoms. The summed E-state index contributed by atoms with van der Waals surface area (Å²) in [6, 6.07) is 7.27. The lowest BCUT2D eigenvalue weighted by atomic mass is 10.1. The van der Waals surface area contributed by atoms with E-state index in [1.165, 1.54) is 11.0 Å². The van der Waals surface area contributed by atoms with E-state index >= 15 is 0 Å². The molecule has 106 valence electrons. The quantitative estimate of drug-likeness (QED) is 0.790. The number of rotatable bonds is 4. The van der Waals surface area contributed by atoms with Crippen LogP contribution in [0.4, 0.5) is 4.79 Å². The molecule has 1 aliphatic rings. The molecule has 1 fully saturated rings. The highest BCUT2D eigenvalue weighted by atomic mass is 16.6. The van der Waals surface area contributed by atoms with Gasteiger partial charge in [-0.15, -0.1) is 0 Å². The molecule has 1 aromatic rings. The van der Waals surface area contributed by atoms with Crippen molar-refractivity contribution in [1.29, 1.82) is 0 Å². The van der Waals surface area contributed by atoms with Gasteiger partial charge in [-0.05, 0) is 37.1 Å². The number of benzene rings is 1. The van der Waals surface area contributed by atoms with Crippen LogP contribution >= 0.6 is 0 Å². The number of ether oxygens (including phenoxy) is 2. The Kier molecular flexibility index (Phi) is 4.40. The molecule has 0 saturated carbocycles. The van der Waals surface area contributed by atoms with E-state index in [9.17, 15) is 9.59 Å².